The SMILES string of the molecule is Cc1cc(CBr)ccc1N(C)Cc1cscn1. The summed E-state index contributed by atoms with van der Waals surface area (Å²) < 4.78 is 0. The van der Waals surface area contributed by atoms with E-state index in [0.29, 0.717) is 0 Å². The highest BCUT2D eigenvalue weighted by Crippen LogP contribution is 2.22. The van der Waals surface area contributed by atoms with Crippen LogP contribution in [-0.2, 0) is 11.9 Å². The summed E-state index contributed by atoms with van der Waals surface area (Å²) in [6, 6.07) is 6.56. The number of hydrogen-bond donors (Lipinski definition) is 0. The second-order valence-electron chi connectivity index (χ2n) is 4.09. The first-order valence-electron chi connectivity index (χ1n) is 5.44. The molecule has 0 aliphatic carbocycles. The smallest absolute Gasteiger partial charge is 0.0795 e. The first kappa shape index (κ1) is 12.6. The van der Waals surface area contributed by atoms with E-state index < -0.39 is 0 Å². The van der Waals surface area contributed by atoms with Crippen molar-refractivity contribution in [3.05, 3.63) is 45.9 Å². The highest BCUT2D eigenvalue weighted by molar-refractivity contribution is 9.08. The molecule has 0 fully saturated rings. The van der Waals surface area contributed by atoms with Gasteiger partial charge >= 0.3 is 0 Å². The molecule has 90 valence electrons. The molecule has 4 heteroatoms. The Balaban J connectivity index is 2.16. The van der Waals surface area contributed by atoms with Crippen LogP contribution < -0.4 is 4.90 Å². The molecule has 0 N–H and O–H groups in total. The van der Waals surface area contributed by atoms with Crippen LogP contribution in [0.3, 0.4) is 0 Å². The van der Waals surface area contributed by atoms with Gasteiger partial charge in [-0.15, -0.1) is 11.3 Å². The Bertz CT molecular complexity index is 482. The Hall–Kier alpha value is -0.870. The molecule has 0 atom stereocenters. The van der Waals surface area contributed by atoms with Crippen molar-refractivity contribution < 1.29 is 0 Å². The third kappa shape index (κ3) is 3.07. The Morgan fingerprint density at radius 2 is 2.24 bits per heavy atom. The minimum Gasteiger partial charge on any atom is -0.368 e. The monoisotopic (exact) mass is 310 g/mol. The van der Waals surface area contributed by atoms with Crippen LogP contribution in [0.25, 0.3) is 0 Å². The van der Waals surface area contributed by atoms with Crippen molar-refractivity contribution >= 4 is 33.0 Å². The van der Waals surface area contributed by atoms with E-state index in [1.165, 1.54) is 16.8 Å². The van der Waals surface area contributed by atoms with Crippen LogP contribution in [0.4, 0.5) is 5.69 Å². The molecule has 17 heavy (non-hydrogen) atoms. The van der Waals surface area contributed by atoms with Crippen LogP contribution in [0.15, 0.2) is 29.1 Å². The number of anilines is 1. The number of aromatic nitrogens is 1. The van der Waals surface area contributed by atoms with Gasteiger partial charge in [-0.1, -0.05) is 28.1 Å². The van der Waals surface area contributed by atoms with Gasteiger partial charge in [0, 0.05) is 23.4 Å². The second-order valence-corrected chi connectivity index (χ2v) is 5.37. The Morgan fingerprint density at radius 1 is 1.41 bits per heavy atom. The molecule has 0 bridgehead atoms. The van der Waals surface area contributed by atoms with Crippen LogP contribution in [0.5, 0.6) is 0 Å². The number of nitrogens with zero attached hydrogens (tertiary/aromatic N) is 2. The number of rotatable bonds is 4. The minimum absolute atomic E-state index is 0.859. The molecular weight excluding hydrogens is 296 g/mol. The number of thiazole rings is 1. The lowest BCUT2D eigenvalue weighted by Crippen LogP contribution is -2.17. The number of alkyl halides is 1. The number of hydrogen-bond acceptors (Lipinski definition) is 3. The normalized spacial score (nSPS) is 10.5. The van der Waals surface area contributed by atoms with Gasteiger partial charge in [-0.2, -0.15) is 0 Å². The number of aryl methyl sites for hydroxylation is 1. The molecule has 0 saturated carbocycles. The largest absolute Gasteiger partial charge is 0.368 e. The van der Waals surface area contributed by atoms with Gasteiger partial charge in [0.15, 0.2) is 0 Å². The topological polar surface area (TPSA) is 16.1 Å². The van der Waals surface area contributed by atoms with E-state index in [2.05, 4.69) is 63.4 Å². The van der Waals surface area contributed by atoms with E-state index in [9.17, 15) is 0 Å². The summed E-state index contributed by atoms with van der Waals surface area (Å²) in [5.41, 5.74) is 6.89. The zero-order chi connectivity index (χ0) is 12.3. The molecule has 2 aromatic rings. The number of benzene rings is 1. The Kier molecular flexibility index (Phi) is 4.18. The molecular formula is C13H15BrN2S. The quantitative estimate of drug-likeness (QED) is 0.794. The lowest BCUT2D eigenvalue weighted by molar-refractivity contribution is 0.890. The Morgan fingerprint density at radius 3 is 2.82 bits per heavy atom. The van der Waals surface area contributed by atoms with Gasteiger partial charge in [0.2, 0.25) is 0 Å². The molecule has 0 amide bonds. The van der Waals surface area contributed by atoms with Gasteiger partial charge in [0.25, 0.3) is 0 Å². The van der Waals surface area contributed by atoms with Crippen molar-refractivity contribution in [3.63, 3.8) is 0 Å². The van der Waals surface area contributed by atoms with Gasteiger partial charge < -0.3 is 4.90 Å². The summed E-state index contributed by atoms with van der Waals surface area (Å²) in [6.45, 7) is 3.01. The fourth-order valence-corrected chi connectivity index (χ4v) is 2.77. The molecule has 1 aromatic carbocycles. The van der Waals surface area contributed by atoms with E-state index in [-0.39, 0.29) is 0 Å². The van der Waals surface area contributed by atoms with Crippen molar-refractivity contribution in [1.29, 1.82) is 0 Å². The lowest BCUT2D eigenvalue weighted by atomic mass is 10.1. The van der Waals surface area contributed by atoms with Crippen molar-refractivity contribution in [1.82, 2.24) is 4.98 Å². The van der Waals surface area contributed by atoms with Crippen LogP contribution in [-0.4, -0.2) is 12.0 Å². The standard InChI is InChI=1S/C13H15BrN2S/c1-10-5-11(6-14)3-4-13(10)16(2)7-12-8-17-9-15-12/h3-5,8-9H,6-7H2,1-2H3. The minimum atomic E-state index is 0.859. The predicted octanol–water partition coefficient (Wildman–Crippen LogP) is 3.98. The van der Waals surface area contributed by atoms with E-state index in [1.54, 1.807) is 11.3 Å². The fourth-order valence-electron chi connectivity index (χ4n) is 1.87. The van der Waals surface area contributed by atoms with Gasteiger partial charge in [0.05, 0.1) is 17.7 Å². The molecule has 0 radical (unpaired) electrons. The maximum Gasteiger partial charge on any atom is 0.0795 e. The molecule has 0 aliphatic rings. The average molecular weight is 311 g/mol. The zero-order valence-corrected chi connectivity index (χ0v) is 12.4. The molecule has 0 spiro atoms. The number of halogens is 1. The highest BCUT2D eigenvalue weighted by atomic mass is 79.9. The van der Waals surface area contributed by atoms with Crippen LogP contribution >= 0.6 is 27.3 Å². The summed E-state index contributed by atoms with van der Waals surface area (Å²) >= 11 is 5.12. The maximum atomic E-state index is 4.31. The molecule has 0 unspecified atom stereocenters. The predicted molar refractivity (Wildman–Crippen MR) is 78.0 cm³/mol. The average Bonchev–Trinajstić information content (AvgIpc) is 2.81. The highest BCUT2D eigenvalue weighted by Gasteiger charge is 2.06. The fraction of sp³-hybridized carbons (Fsp3) is 0.308. The molecule has 1 heterocycles. The third-order valence-corrected chi connectivity index (χ3v) is 3.99. The van der Waals surface area contributed by atoms with Crippen molar-refractivity contribution in [2.24, 2.45) is 0 Å². The summed E-state index contributed by atoms with van der Waals surface area (Å²) in [7, 11) is 2.11. The van der Waals surface area contributed by atoms with Gasteiger partial charge in [-0.05, 0) is 24.1 Å². The molecule has 1 aromatic heterocycles. The van der Waals surface area contributed by atoms with Crippen LogP contribution in [0, 0.1) is 6.92 Å². The van der Waals surface area contributed by atoms with Gasteiger partial charge in [-0.25, -0.2) is 4.98 Å². The van der Waals surface area contributed by atoms with Crippen molar-refractivity contribution in [2.75, 3.05) is 11.9 Å². The van der Waals surface area contributed by atoms with E-state index in [0.717, 1.165) is 17.6 Å². The first-order chi connectivity index (χ1) is 8.20. The van der Waals surface area contributed by atoms with Crippen molar-refractivity contribution in [3.8, 4) is 0 Å². The van der Waals surface area contributed by atoms with E-state index >= 15 is 0 Å². The maximum absolute atomic E-state index is 4.31. The van der Waals surface area contributed by atoms with Crippen LogP contribution in [0.1, 0.15) is 16.8 Å². The first-order valence-corrected chi connectivity index (χ1v) is 7.51. The van der Waals surface area contributed by atoms with Crippen molar-refractivity contribution in [2.45, 2.75) is 18.8 Å². The van der Waals surface area contributed by atoms with Gasteiger partial charge in [0.1, 0.15) is 0 Å². The Labute approximate surface area is 114 Å². The second kappa shape index (κ2) is 5.65. The van der Waals surface area contributed by atoms with E-state index in [4.69, 9.17) is 0 Å². The summed E-state index contributed by atoms with van der Waals surface area (Å²) in [6.07, 6.45) is 0. The lowest BCUT2D eigenvalue weighted by Gasteiger charge is -2.20. The molecule has 0 aliphatic heterocycles. The summed E-state index contributed by atoms with van der Waals surface area (Å²) in [4.78, 5) is 6.55. The van der Waals surface area contributed by atoms with Crippen LogP contribution in [0.2, 0.25) is 0 Å². The summed E-state index contributed by atoms with van der Waals surface area (Å²) in [5.74, 6) is 0. The molecule has 2 rings (SSSR count). The molecule has 2 nitrogen and oxygen atoms in total. The van der Waals surface area contributed by atoms with E-state index in [1.807, 2.05) is 5.51 Å². The van der Waals surface area contributed by atoms with Gasteiger partial charge in [-0.3, -0.25) is 0 Å². The summed E-state index contributed by atoms with van der Waals surface area (Å²) in [5, 5.41) is 3.00. The zero-order valence-electron chi connectivity index (χ0n) is 9.98. The third-order valence-electron chi connectivity index (χ3n) is 2.71. The molecule has 0 saturated heterocycles.